The number of hydrogen-bond acceptors (Lipinski definition) is 4. The van der Waals surface area contributed by atoms with E-state index in [1.54, 1.807) is 0 Å². The first kappa shape index (κ1) is 11.5. The molecule has 4 nitrogen and oxygen atoms in total. The molecule has 88 valence electrons. The first-order valence-electron chi connectivity index (χ1n) is 5.66. The molecule has 0 amide bonds. The molecule has 2 N–H and O–H groups in total. The molecule has 4 heteroatoms. The van der Waals surface area contributed by atoms with Gasteiger partial charge in [0.05, 0.1) is 0 Å². The van der Waals surface area contributed by atoms with E-state index in [0.29, 0.717) is 0 Å². The third-order valence-corrected chi connectivity index (χ3v) is 2.52. The van der Waals surface area contributed by atoms with Crippen LogP contribution in [0.2, 0.25) is 0 Å². The summed E-state index contributed by atoms with van der Waals surface area (Å²) in [6, 6.07) is 7.91. The van der Waals surface area contributed by atoms with Gasteiger partial charge in [0.15, 0.2) is 0 Å². The highest BCUT2D eigenvalue weighted by Gasteiger charge is 2.01. The Balaban J connectivity index is 2.04. The SMILES string of the molecule is Cc1nc(C)nc(CCc2ccc(N)cc2)n1. The molecule has 0 atom stereocenters. The van der Waals surface area contributed by atoms with Gasteiger partial charge in [-0.2, -0.15) is 0 Å². The van der Waals surface area contributed by atoms with Crippen molar-refractivity contribution in [1.82, 2.24) is 15.0 Å². The van der Waals surface area contributed by atoms with Gasteiger partial charge in [-0.15, -0.1) is 0 Å². The van der Waals surface area contributed by atoms with Crippen molar-refractivity contribution in [3.8, 4) is 0 Å². The second kappa shape index (κ2) is 4.91. The van der Waals surface area contributed by atoms with Gasteiger partial charge in [0.2, 0.25) is 0 Å². The number of nitrogen functional groups attached to an aromatic ring is 1. The molecule has 0 fully saturated rings. The van der Waals surface area contributed by atoms with Gasteiger partial charge in [-0.1, -0.05) is 12.1 Å². The Hall–Kier alpha value is -1.97. The minimum atomic E-state index is 0.782. The Labute approximate surface area is 101 Å². The number of nitrogens with two attached hydrogens (primary N) is 1. The summed E-state index contributed by atoms with van der Waals surface area (Å²) in [5.41, 5.74) is 7.68. The minimum absolute atomic E-state index is 0.782. The van der Waals surface area contributed by atoms with Crippen LogP contribution in [0.3, 0.4) is 0 Å². The molecule has 2 rings (SSSR count). The molecule has 0 saturated carbocycles. The second-order valence-electron chi connectivity index (χ2n) is 4.09. The summed E-state index contributed by atoms with van der Waals surface area (Å²) in [6.45, 7) is 3.78. The van der Waals surface area contributed by atoms with Gasteiger partial charge in [-0.3, -0.25) is 0 Å². The highest BCUT2D eigenvalue weighted by Crippen LogP contribution is 2.08. The fourth-order valence-electron chi connectivity index (χ4n) is 1.73. The van der Waals surface area contributed by atoms with Gasteiger partial charge in [0.1, 0.15) is 17.5 Å². The fourth-order valence-corrected chi connectivity index (χ4v) is 1.73. The molecular formula is C13H16N4. The van der Waals surface area contributed by atoms with Gasteiger partial charge in [0.25, 0.3) is 0 Å². The van der Waals surface area contributed by atoms with Crippen molar-refractivity contribution in [1.29, 1.82) is 0 Å². The Morgan fingerprint density at radius 1 is 0.882 bits per heavy atom. The summed E-state index contributed by atoms with van der Waals surface area (Å²) in [5.74, 6) is 2.42. The van der Waals surface area contributed by atoms with E-state index in [9.17, 15) is 0 Å². The lowest BCUT2D eigenvalue weighted by atomic mass is 10.1. The van der Waals surface area contributed by atoms with E-state index < -0.39 is 0 Å². The van der Waals surface area contributed by atoms with Crippen LogP contribution < -0.4 is 5.73 Å². The number of rotatable bonds is 3. The van der Waals surface area contributed by atoms with E-state index >= 15 is 0 Å². The van der Waals surface area contributed by atoms with Gasteiger partial charge < -0.3 is 5.73 Å². The summed E-state index contributed by atoms with van der Waals surface area (Å²) in [6.07, 6.45) is 1.75. The Morgan fingerprint density at radius 3 is 2.06 bits per heavy atom. The lowest BCUT2D eigenvalue weighted by molar-refractivity contribution is 0.793. The molecule has 0 saturated heterocycles. The van der Waals surface area contributed by atoms with Crippen molar-refractivity contribution in [3.05, 3.63) is 47.3 Å². The molecule has 0 bridgehead atoms. The van der Waals surface area contributed by atoms with Gasteiger partial charge in [-0.25, -0.2) is 15.0 Å². The zero-order valence-corrected chi connectivity index (χ0v) is 10.1. The molecule has 17 heavy (non-hydrogen) atoms. The molecule has 1 aromatic heterocycles. The molecule has 0 aliphatic carbocycles. The lowest BCUT2D eigenvalue weighted by Crippen LogP contribution is -2.04. The summed E-state index contributed by atoms with van der Waals surface area (Å²) in [7, 11) is 0. The number of benzene rings is 1. The molecule has 1 aromatic carbocycles. The first-order valence-corrected chi connectivity index (χ1v) is 5.66. The van der Waals surface area contributed by atoms with Gasteiger partial charge in [-0.05, 0) is 38.0 Å². The van der Waals surface area contributed by atoms with E-state index in [0.717, 1.165) is 36.0 Å². The average Bonchev–Trinajstić information content (AvgIpc) is 2.27. The zero-order chi connectivity index (χ0) is 12.3. The van der Waals surface area contributed by atoms with Crippen LogP contribution in [0.25, 0.3) is 0 Å². The van der Waals surface area contributed by atoms with Crippen LogP contribution in [0.4, 0.5) is 5.69 Å². The van der Waals surface area contributed by atoms with Crippen LogP contribution >= 0.6 is 0 Å². The summed E-state index contributed by atoms with van der Waals surface area (Å²) in [4.78, 5) is 12.8. The normalized spacial score (nSPS) is 10.5. The predicted molar refractivity (Wildman–Crippen MR) is 67.6 cm³/mol. The fraction of sp³-hybridized carbons (Fsp3) is 0.308. The van der Waals surface area contributed by atoms with Crippen LogP contribution in [0, 0.1) is 13.8 Å². The predicted octanol–water partition coefficient (Wildman–Crippen LogP) is 1.86. The smallest absolute Gasteiger partial charge is 0.132 e. The van der Waals surface area contributed by atoms with Crippen molar-refractivity contribution in [3.63, 3.8) is 0 Å². The molecule has 2 aromatic rings. The summed E-state index contributed by atoms with van der Waals surface area (Å²) in [5, 5.41) is 0. The molecule has 0 unspecified atom stereocenters. The van der Waals surface area contributed by atoms with E-state index in [1.807, 2.05) is 38.1 Å². The number of anilines is 1. The second-order valence-corrected chi connectivity index (χ2v) is 4.09. The molecule has 0 radical (unpaired) electrons. The number of aromatic nitrogens is 3. The van der Waals surface area contributed by atoms with Crippen molar-refractivity contribution in [2.24, 2.45) is 0 Å². The number of hydrogen-bond donors (Lipinski definition) is 1. The maximum Gasteiger partial charge on any atom is 0.132 e. The monoisotopic (exact) mass is 228 g/mol. The molecule has 1 heterocycles. The summed E-state index contributed by atoms with van der Waals surface area (Å²) < 4.78 is 0. The van der Waals surface area contributed by atoms with Gasteiger partial charge >= 0.3 is 0 Å². The molecular weight excluding hydrogens is 212 g/mol. The van der Waals surface area contributed by atoms with E-state index in [-0.39, 0.29) is 0 Å². The Kier molecular flexibility index (Phi) is 3.32. The first-order chi connectivity index (χ1) is 8.13. The largest absolute Gasteiger partial charge is 0.399 e. The molecule has 0 aliphatic rings. The number of nitrogens with zero attached hydrogens (tertiary/aromatic N) is 3. The average molecular weight is 228 g/mol. The maximum atomic E-state index is 5.64. The zero-order valence-electron chi connectivity index (χ0n) is 10.1. The third-order valence-electron chi connectivity index (χ3n) is 2.52. The van der Waals surface area contributed by atoms with Crippen LogP contribution in [0.15, 0.2) is 24.3 Å². The topological polar surface area (TPSA) is 64.7 Å². The Bertz CT molecular complexity index is 485. The van der Waals surface area contributed by atoms with Crippen LogP contribution in [-0.4, -0.2) is 15.0 Å². The van der Waals surface area contributed by atoms with Gasteiger partial charge in [0, 0.05) is 12.1 Å². The molecule has 0 aliphatic heterocycles. The van der Waals surface area contributed by atoms with E-state index in [2.05, 4.69) is 15.0 Å². The van der Waals surface area contributed by atoms with E-state index in [1.165, 1.54) is 5.56 Å². The van der Waals surface area contributed by atoms with Crippen molar-refractivity contribution in [2.45, 2.75) is 26.7 Å². The maximum absolute atomic E-state index is 5.64. The third kappa shape index (κ3) is 3.24. The van der Waals surface area contributed by atoms with Crippen molar-refractivity contribution < 1.29 is 0 Å². The Morgan fingerprint density at radius 2 is 1.47 bits per heavy atom. The summed E-state index contributed by atoms with van der Waals surface area (Å²) >= 11 is 0. The van der Waals surface area contributed by atoms with Crippen LogP contribution in [0.5, 0.6) is 0 Å². The van der Waals surface area contributed by atoms with Crippen molar-refractivity contribution >= 4 is 5.69 Å². The van der Waals surface area contributed by atoms with E-state index in [4.69, 9.17) is 5.73 Å². The number of aryl methyl sites for hydroxylation is 4. The minimum Gasteiger partial charge on any atom is -0.399 e. The highest BCUT2D eigenvalue weighted by molar-refractivity contribution is 5.39. The lowest BCUT2D eigenvalue weighted by Gasteiger charge is -2.03. The highest BCUT2D eigenvalue weighted by atomic mass is 15.0. The standard InChI is InChI=1S/C13H16N4/c1-9-15-10(2)17-13(16-9)8-5-11-3-6-12(14)7-4-11/h3-4,6-7H,5,8,14H2,1-2H3. The van der Waals surface area contributed by atoms with Crippen LogP contribution in [0.1, 0.15) is 23.0 Å². The van der Waals surface area contributed by atoms with Crippen molar-refractivity contribution in [2.75, 3.05) is 5.73 Å². The molecule has 0 spiro atoms. The quantitative estimate of drug-likeness (QED) is 0.814. The van der Waals surface area contributed by atoms with Crippen LogP contribution in [-0.2, 0) is 12.8 Å².